The van der Waals surface area contributed by atoms with Gasteiger partial charge < -0.3 is 15.2 Å². The van der Waals surface area contributed by atoms with E-state index in [-0.39, 0.29) is 35.5 Å². The number of ether oxygens (including phenoxy) is 1. The fourth-order valence-corrected chi connectivity index (χ4v) is 6.12. The lowest BCUT2D eigenvalue weighted by molar-refractivity contribution is -0.138. The van der Waals surface area contributed by atoms with Crippen LogP contribution >= 0.6 is 0 Å². The molecular formula is C29H29F5N2O5S. The molecule has 0 radical (unpaired) electrons. The van der Waals surface area contributed by atoms with E-state index in [0.29, 0.717) is 6.07 Å². The van der Waals surface area contributed by atoms with Gasteiger partial charge in [0.25, 0.3) is 15.9 Å². The van der Waals surface area contributed by atoms with Crippen molar-refractivity contribution >= 4 is 21.6 Å². The summed E-state index contributed by atoms with van der Waals surface area (Å²) in [5.41, 5.74) is -4.03. The van der Waals surface area contributed by atoms with Crippen LogP contribution in [-0.4, -0.2) is 43.2 Å². The Morgan fingerprint density at radius 2 is 1.71 bits per heavy atom. The molecule has 0 unspecified atom stereocenters. The van der Waals surface area contributed by atoms with Crippen LogP contribution in [0.4, 0.5) is 27.6 Å². The van der Waals surface area contributed by atoms with E-state index in [9.17, 15) is 40.3 Å². The molecule has 3 aromatic rings. The zero-order valence-electron chi connectivity index (χ0n) is 23.1. The summed E-state index contributed by atoms with van der Waals surface area (Å²) in [6.45, 7) is 5.48. The number of hydrogen-bond donors (Lipinski definition) is 2. The molecule has 1 atom stereocenters. The molecule has 0 fully saturated rings. The summed E-state index contributed by atoms with van der Waals surface area (Å²) >= 11 is 0. The number of alkyl halides is 3. The van der Waals surface area contributed by atoms with E-state index < -0.39 is 61.4 Å². The van der Waals surface area contributed by atoms with Gasteiger partial charge in [-0.2, -0.15) is 13.2 Å². The molecule has 0 bridgehead atoms. The minimum atomic E-state index is -4.80. The zero-order chi connectivity index (χ0) is 31.3. The third-order valence-corrected chi connectivity index (χ3v) is 8.40. The lowest BCUT2D eigenvalue weighted by atomic mass is 9.94. The Morgan fingerprint density at radius 3 is 2.36 bits per heavy atom. The van der Waals surface area contributed by atoms with Crippen molar-refractivity contribution in [3.63, 3.8) is 0 Å². The number of amides is 1. The summed E-state index contributed by atoms with van der Waals surface area (Å²) in [5.74, 6) is -2.17. The molecule has 0 saturated carbocycles. The number of carbonyl (C=O) groups excluding carboxylic acids is 1. The summed E-state index contributed by atoms with van der Waals surface area (Å²) in [6.07, 6.45) is -5.68. The van der Waals surface area contributed by atoms with Gasteiger partial charge in [0.15, 0.2) is 0 Å². The Labute approximate surface area is 240 Å². The van der Waals surface area contributed by atoms with Crippen LogP contribution in [0, 0.1) is 11.6 Å². The molecule has 1 aliphatic heterocycles. The first-order valence-electron chi connectivity index (χ1n) is 12.8. The average Bonchev–Trinajstić information content (AvgIpc) is 2.88. The largest absolute Gasteiger partial charge is 0.486 e. The van der Waals surface area contributed by atoms with Crippen LogP contribution in [0.5, 0.6) is 5.75 Å². The Bertz CT molecular complexity index is 1620. The SMILES string of the molecule is CC(C)(C[C@H]1CN(S(=O)(=O)c2cccc(C(F)(F)F)c2)c2cc(-c3cc(F)ccc3F)ccc2O1)NC(=O)C(C)(C)O. The molecule has 226 valence electrons. The number of nitrogens with one attached hydrogen (secondary N) is 1. The van der Waals surface area contributed by atoms with Crippen molar-refractivity contribution in [1.82, 2.24) is 5.32 Å². The first-order valence-corrected chi connectivity index (χ1v) is 14.2. The second-order valence-corrected chi connectivity index (χ2v) is 13.1. The summed E-state index contributed by atoms with van der Waals surface area (Å²) in [7, 11) is -4.65. The quantitative estimate of drug-likeness (QED) is 0.336. The predicted molar refractivity (Wildman–Crippen MR) is 145 cm³/mol. The van der Waals surface area contributed by atoms with Crippen molar-refractivity contribution in [1.29, 1.82) is 0 Å². The Kier molecular flexibility index (Phi) is 8.06. The van der Waals surface area contributed by atoms with Gasteiger partial charge in [-0.3, -0.25) is 9.10 Å². The van der Waals surface area contributed by atoms with Crippen LogP contribution < -0.4 is 14.4 Å². The van der Waals surface area contributed by atoms with Gasteiger partial charge in [-0.05, 0) is 81.8 Å². The molecule has 2 N–H and O–H groups in total. The molecule has 4 rings (SSSR count). The Hall–Kier alpha value is -3.71. The van der Waals surface area contributed by atoms with E-state index in [2.05, 4.69) is 5.32 Å². The first kappa shape index (κ1) is 31.2. The van der Waals surface area contributed by atoms with Crippen molar-refractivity contribution in [2.45, 2.75) is 62.4 Å². The van der Waals surface area contributed by atoms with Crippen LogP contribution in [0.1, 0.15) is 39.7 Å². The average molecular weight is 613 g/mol. The Morgan fingerprint density at radius 1 is 1.02 bits per heavy atom. The number of benzene rings is 3. The van der Waals surface area contributed by atoms with Gasteiger partial charge in [0.2, 0.25) is 0 Å². The van der Waals surface area contributed by atoms with Gasteiger partial charge in [-0.25, -0.2) is 17.2 Å². The number of halogens is 5. The molecule has 42 heavy (non-hydrogen) atoms. The third kappa shape index (κ3) is 6.67. The number of fused-ring (bicyclic) bond motifs is 1. The van der Waals surface area contributed by atoms with E-state index in [1.807, 2.05) is 0 Å². The molecule has 13 heteroatoms. The fraction of sp³-hybridized carbons (Fsp3) is 0.345. The second-order valence-electron chi connectivity index (χ2n) is 11.2. The smallest absolute Gasteiger partial charge is 0.416 e. The zero-order valence-corrected chi connectivity index (χ0v) is 23.9. The lowest BCUT2D eigenvalue weighted by Gasteiger charge is -2.39. The van der Waals surface area contributed by atoms with Gasteiger partial charge in [0.1, 0.15) is 29.1 Å². The highest BCUT2D eigenvalue weighted by molar-refractivity contribution is 7.92. The fourth-order valence-electron chi connectivity index (χ4n) is 4.57. The van der Waals surface area contributed by atoms with Crippen LogP contribution in [-0.2, 0) is 21.0 Å². The molecule has 0 saturated heterocycles. The summed E-state index contributed by atoms with van der Waals surface area (Å²) in [5, 5.41) is 12.7. The van der Waals surface area contributed by atoms with Crippen LogP contribution in [0.15, 0.2) is 65.6 Å². The number of anilines is 1. The third-order valence-electron chi connectivity index (χ3n) is 6.63. The Balaban J connectivity index is 1.80. The lowest BCUT2D eigenvalue weighted by Crippen LogP contribution is -2.55. The maximum atomic E-state index is 14.6. The monoisotopic (exact) mass is 612 g/mol. The van der Waals surface area contributed by atoms with Crippen LogP contribution in [0.2, 0.25) is 0 Å². The number of sulfonamides is 1. The van der Waals surface area contributed by atoms with E-state index in [0.717, 1.165) is 40.7 Å². The molecule has 1 amide bonds. The van der Waals surface area contributed by atoms with Crippen molar-refractivity contribution in [3.05, 3.63) is 77.9 Å². The van der Waals surface area contributed by atoms with Crippen molar-refractivity contribution in [2.24, 2.45) is 0 Å². The first-order chi connectivity index (χ1) is 19.3. The maximum absolute atomic E-state index is 14.6. The van der Waals surface area contributed by atoms with E-state index in [1.165, 1.54) is 32.0 Å². The molecular weight excluding hydrogens is 583 g/mol. The highest BCUT2D eigenvalue weighted by Crippen LogP contribution is 2.42. The summed E-state index contributed by atoms with van der Waals surface area (Å²) < 4.78 is 104. The van der Waals surface area contributed by atoms with Crippen LogP contribution in [0.25, 0.3) is 11.1 Å². The number of rotatable bonds is 7. The predicted octanol–water partition coefficient (Wildman–Crippen LogP) is 5.66. The number of carbonyl (C=O) groups is 1. The highest BCUT2D eigenvalue weighted by atomic mass is 32.2. The van der Waals surface area contributed by atoms with Crippen molar-refractivity contribution in [2.75, 3.05) is 10.8 Å². The highest BCUT2D eigenvalue weighted by Gasteiger charge is 2.40. The summed E-state index contributed by atoms with van der Waals surface area (Å²) in [6, 6.07) is 10.1. The van der Waals surface area contributed by atoms with Gasteiger partial charge in [0, 0.05) is 17.5 Å². The summed E-state index contributed by atoms with van der Waals surface area (Å²) in [4.78, 5) is 11.8. The number of hydrogen-bond acceptors (Lipinski definition) is 5. The molecule has 3 aromatic carbocycles. The minimum absolute atomic E-state index is 0.0203. The van der Waals surface area contributed by atoms with E-state index in [1.54, 1.807) is 13.8 Å². The number of nitrogens with zero attached hydrogens (tertiary/aromatic N) is 1. The maximum Gasteiger partial charge on any atom is 0.416 e. The number of aliphatic hydroxyl groups is 1. The van der Waals surface area contributed by atoms with Crippen molar-refractivity contribution in [3.8, 4) is 16.9 Å². The van der Waals surface area contributed by atoms with Gasteiger partial charge in [0.05, 0.1) is 22.7 Å². The van der Waals surface area contributed by atoms with Crippen molar-refractivity contribution < 1.29 is 45.0 Å². The van der Waals surface area contributed by atoms with Gasteiger partial charge >= 0.3 is 6.18 Å². The topological polar surface area (TPSA) is 95.9 Å². The second kappa shape index (κ2) is 10.8. The van der Waals surface area contributed by atoms with Gasteiger partial charge in [-0.1, -0.05) is 12.1 Å². The molecule has 0 aromatic heterocycles. The molecule has 7 nitrogen and oxygen atoms in total. The van der Waals surface area contributed by atoms with E-state index in [4.69, 9.17) is 4.74 Å². The molecule has 0 aliphatic carbocycles. The molecule has 1 heterocycles. The normalized spacial score (nSPS) is 16.0. The van der Waals surface area contributed by atoms with Gasteiger partial charge in [-0.15, -0.1) is 0 Å². The molecule has 1 aliphatic rings. The molecule has 0 spiro atoms. The van der Waals surface area contributed by atoms with E-state index >= 15 is 0 Å². The van der Waals surface area contributed by atoms with Crippen LogP contribution in [0.3, 0.4) is 0 Å². The minimum Gasteiger partial charge on any atom is -0.486 e. The standard InChI is InChI=1S/C29H29F5N2O5S/c1-27(2,35-26(37)28(3,4)38)15-20-16-36(42(39,40)21-7-5-6-18(13-21)29(32,33)34)24-12-17(8-11-25(24)41-20)22-14-19(30)9-10-23(22)31/h5-14,20,38H,15-16H2,1-4H3,(H,35,37)/t20-/m0/s1.